The van der Waals surface area contributed by atoms with Gasteiger partial charge in [-0.15, -0.1) is 0 Å². The molecule has 1 aromatic carbocycles. The third kappa shape index (κ3) is 3.59. The van der Waals surface area contributed by atoms with Crippen LogP contribution in [0.3, 0.4) is 0 Å². The highest BCUT2D eigenvalue weighted by Crippen LogP contribution is 2.20. The quantitative estimate of drug-likeness (QED) is 0.612. The van der Waals surface area contributed by atoms with Crippen molar-refractivity contribution in [3.8, 4) is 0 Å². The second-order valence-electron chi connectivity index (χ2n) is 3.28. The van der Waals surface area contributed by atoms with Crippen LogP contribution in [0.15, 0.2) is 30.4 Å². The van der Waals surface area contributed by atoms with Crippen LogP contribution >= 0.6 is 11.6 Å². The topological polar surface area (TPSA) is 49.3 Å². The molecule has 16 heavy (non-hydrogen) atoms. The van der Waals surface area contributed by atoms with Gasteiger partial charge in [0.15, 0.2) is 0 Å². The fourth-order valence-electron chi connectivity index (χ4n) is 1.30. The number of rotatable bonds is 5. The number of carbonyl (C=O) groups is 1. The number of carboxylic acids is 1. The largest absolute Gasteiger partial charge is 0.478 e. The van der Waals surface area contributed by atoms with Crippen molar-refractivity contribution in [1.82, 2.24) is 0 Å². The Morgan fingerprint density at radius 3 is 2.94 bits per heavy atom. The van der Waals surface area contributed by atoms with Crippen molar-refractivity contribution in [2.24, 2.45) is 0 Å². The minimum Gasteiger partial charge on any atom is -0.478 e. The van der Waals surface area contributed by atoms with Crippen molar-refractivity contribution in [3.63, 3.8) is 0 Å². The molecule has 0 atom stereocenters. The smallest absolute Gasteiger partial charge is 0.337 e. The lowest BCUT2D eigenvalue weighted by Gasteiger charge is -2.08. The highest BCUT2D eigenvalue weighted by molar-refractivity contribution is 6.31. The molecule has 1 rings (SSSR count). The maximum atomic E-state index is 11.0. The van der Waals surface area contributed by atoms with Gasteiger partial charge in [0.05, 0.1) is 5.56 Å². The fourth-order valence-corrected chi connectivity index (χ4v) is 1.48. The van der Waals surface area contributed by atoms with Crippen LogP contribution in [0.25, 0.3) is 0 Å². The van der Waals surface area contributed by atoms with Crippen LogP contribution in [0.2, 0.25) is 5.02 Å². The van der Waals surface area contributed by atoms with E-state index in [1.807, 2.05) is 19.1 Å². The van der Waals surface area contributed by atoms with E-state index in [-0.39, 0.29) is 5.56 Å². The molecule has 0 spiro atoms. The number of halogens is 1. The number of benzene rings is 1. The molecular weight excluding hydrogens is 226 g/mol. The van der Waals surface area contributed by atoms with Gasteiger partial charge in [0, 0.05) is 17.3 Å². The van der Waals surface area contributed by atoms with E-state index in [9.17, 15) is 4.79 Å². The standard InChI is InChI=1S/C12H14ClNO2/c1-2-3-4-7-14-11-6-5-9(13)8-10(11)12(15)16/h2-3,5-6,8,14H,4,7H2,1H3,(H,15,16)/b3-2+. The lowest BCUT2D eigenvalue weighted by atomic mass is 10.1. The van der Waals surface area contributed by atoms with Crippen LogP contribution in [0.5, 0.6) is 0 Å². The van der Waals surface area contributed by atoms with Gasteiger partial charge in [-0.1, -0.05) is 23.8 Å². The molecule has 4 heteroatoms. The number of allylic oxidation sites excluding steroid dienone is 1. The number of hydrogen-bond acceptors (Lipinski definition) is 2. The molecular formula is C12H14ClNO2. The summed E-state index contributed by atoms with van der Waals surface area (Å²) in [6.45, 7) is 2.65. The summed E-state index contributed by atoms with van der Waals surface area (Å²) in [5.41, 5.74) is 0.800. The Labute approximate surface area is 99.7 Å². The number of aromatic carboxylic acids is 1. The molecule has 0 aliphatic heterocycles. The van der Waals surface area contributed by atoms with Crippen LogP contribution in [0, 0.1) is 0 Å². The van der Waals surface area contributed by atoms with Crippen LogP contribution in [-0.4, -0.2) is 17.6 Å². The van der Waals surface area contributed by atoms with Crippen LogP contribution in [0.1, 0.15) is 23.7 Å². The van der Waals surface area contributed by atoms with E-state index < -0.39 is 5.97 Å². The Morgan fingerprint density at radius 1 is 1.56 bits per heavy atom. The molecule has 0 aliphatic rings. The summed E-state index contributed by atoms with van der Waals surface area (Å²) in [5.74, 6) is -0.976. The summed E-state index contributed by atoms with van der Waals surface area (Å²) in [6.07, 6.45) is 4.84. The van der Waals surface area contributed by atoms with E-state index in [2.05, 4.69) is 5.32 Å². The van der Waals surface area contributed by atoms with Crippen LogP contribution in [-0.2, 0) is 0 Å². The van der Waals surface area contributed by atoms with Crippen molar-refractivity contribution in [2.75, 3.05) is 11.9 Å². The van der Waals surface area contributed by atoms with Gasteiger partial charge in [0.1, 0.15) is 0 Å². The van der Waals surface area contributed by atoms with E-state index in [4.69, 9.17) is 16.7 Å². The molecule has 0 radical (unpaired) electrons. The zero-order valence-corrected chi connectivity index (χ0v) is 9.79. The van der Waals surface area contributed by atoms with E-state index in [1.165, 1.54) is 6.07 Å². The van der Waals surface area contributed by atoms with E-state index in [1.54, 1.807) is 12.1 Å². The first-order valence-corrected chi connectivity index (χ1v) is 5.41. The van der Waals surface area contributed by atoms with E-state index >= 15 is 0 Å². The number of anilines is 1. The number of nitrogens with one attached hydrogen (secondary N) is 1. The zero-order valence-electron chi connectivity index (χ0n) is 9.03. The summed E-state index contributed by atoms with van der Waals surface area (Å²) >= 11 is 5.74. The van der Waals surface area contributed by atoms with Crippen molar-refractivity contribution in [3.05, 3.63) is 40.9 Å². The molecule has 1 aromatic rings. The first kappa shape index (κ1) is 12.6. The third-order valence-corrected chi connectivity index (χ3v) is 2.31. The van der Waals surface area contributed by atoms with E-state index in [0.717, 1.165) is 6.42 Å². The van der Waals surface area contributed by atoms with Gasteiger partial charge in [-0.2, -0.15) is 0 Å². The molecule has 0 amide bonds. The Balaban J connectivity index is 2.75. The van der Waals surface area contributed by atoms with Gasteiger partial charge in [0.2, 0.25) is 0 Å². The predicted octanol–water partition coefficient (Wildman–Crippen LogP) is 3.42. The number of carboxylic acid groups (broad SMARTS) is 1. The second-order valence-corrected chi connectivity index (χ2v) is 3.72. The normalized spacial score (nSPS) is 10.6. The summed E-state index contributed by atoms with van der Waals surface area (Å²) in [4.78, 5) is 11.0. The maximum Gasteiger partial charge on any atom is 0.337 e. The Morgan fingerprint density at radius 2 is 2.31 bits per heavy atom. The lowest BCUT2D eigenvalue weighted by molar-refractivity contribution is 0.0698. The Bertz CT molecular complexity index is 402. The second kappa shape index (κ2) is 6.18. The van der Waals surface area contributed by atoms with Gasteiger partial charge >= 0.3 is 5.97 Å². The minimum absolute atomic E-state index is 0.202. The molecule has 0 aromatic heterocycles. The maximum absolute atomic E-state index is 11.0. The van der Waals surface area contributed by atoms with Crippen molar-refractivity contribution < 1.29 is 9.90 Å². The number of hydrogen-bond donors (Lipinski definition) is 2. The van der Waals surface area contributed by atoms with Crippen molar-refractivity contribution >= 4 is 23.3 Å². The fraction of sp³-hybridized carbons (Fsp3) is 0.250. The molecule has 86 valence electrons. The zero-order chi connectivity index (χ0) is 12.0. The Kier molecular flexibility index (Phi) is 4.86. The molecule has 0 saturated heterocycles. The van der Waals surface area contributed by atoms with Gasteiger partial charge in [-0.05, 0) is 31.5 Å². The molecule has 2 N–H and O–H groups in total. The average Bonchev–Trinajstić information content (AvgIpc) is 2.26. The average molecular weight is 240 g/mol. The highest BCUT2D eigenvalue weighted by Gasteiger charge is 2.09. The molecule has 0 bridgehead atoms. The van der Waals surface area contributed by atoms with Crippen LogP contribution in [0.4, 0.5) is 5.69 Å². The summed E-state index contributed by atoms with van der Waals surface area (Å²) in [6, 6.07) is 4.80. The first-order chi connectivity index (χ1) is 7.65. The summed E-state index contributed by atoms with van der Waals surface area (Å²) in [7, 11) is 0. The molecule has 0 heterocycles. The van der Waals surface area contributed by atoms with Crippen molar-refractivity contribution in [1.29, 1.82) is 0 Å². The molecule has 3 nitrogen and oxygen atoms in total. The molecule has 0 aliphatic carbocycles. The monoisotopic (exact) mass is 239 g/mol. The molecule has 0 fully saturated rings. The lowest BCUT2D eigenvalue weighted by Crippen LogP contribution is -2.07. The van der Waals surface area contributed by atoms with Gasteiger partial charge in [-0.25, -0.2) is 4.79 Å². The molecule has 0 saturated carbocycles. The highest BCUT2D eigenvalue weighted by atomic mass is 35.5. The molecule has 0 unspecified atom stereocenters. The summed E-state index contributed by atoms with van der Waals surface area (Å²) < 4.78 is 0. The van der Waals surface area contributed by atoms with Gasteiger partial charge in [-0.3, -0.25) is 0 Å². The van der Waals surface area contributed by atoms with Gasteiger partial charge in [0.25, 0.3) is 0 Å². The summed E-state index contributed by atoms with van der Waals surface area (Å²) in [5, 5.41) is 12.5. The third-order valence-electron chi connectivity index (χ3n) is 2.07. The SMILES string of the molecule is C/C=C/CCNc1ccc(Cl)cc1C(=O)O. The predicted molar refractivity (Wildman–Crippen MR) is 66.3 cm³/mol. The minimum atomic E-state index is -0.976. The van der Waals surface area contributed by atoms with E-state index in [0.29, 0.717) is 17.3 Å². The first-order valence-electron chi connectivity index (χ1n) is 5.03. The van der Waals surface area contributed by atoms with Crippen molar-refractivity contribution in [2.45, 2.75) is 13.3 Å². The van der Waals surface area contributed by atoms with Crippen LogP contribution < -0.4 is 5.32 Å². The van der Waals surface area contributed by atoms with Gasteiger partial charge < -0.3 is 10.4 Å². The Hall–Kier alpha value is -1.48.